The summed E-state index contributed by atoms with van der Waals surface area (Å²) in [6, 6.07) is -0.376. The van der Waals surface area contributed by atoms with E-state index in [-0.39, 0.29) is 6.04 Å². The number of nitro groups is 1. The summed E-state index contributed by atoms with van der Waals surface area (Å²) in [4.78, 5) is 10.1. The van der Waals surface area contributed by atoms with E-state index >= 15 is 0 Å². The highest BCUT2D eigenvalue weighted by Gasteiger charge is 2.34. The molecule has 10 heteroatoms. The maximum atomic E-state index is 13.7. The first-order valence-corrected chi connectivity index (χ1v) is 7.77. The van der Waals surface area contributed by atoms with Gasteiger partial charge < -0.3 is 0 Å². The highest BCUT2D eigenvalue weighted by atomic mass is 19.1. The van der Waals surface area contributed by atoms with Crippen LogP contribution in [0.2, 0.25) is 0 Å². The summed E-state index contributed by atoms with van der Waals surface area (Å²) in [5.41, 5.74) is -0.619. The lowest BCUT2D eigenvalue weighted by Crippen LogP contribution is -2.19. The predicted molar refractivity (Wildman–Crippen MR) is 74.9 cm³/mol. The van der Waals surface area contributed by atoms with Gasteiger partial charge in [-0.3, -0.25) is 14.8 Å². The molecule has 9 nitrogen and oxygen atoms in total. The topological polar surface area (TPSA) is 105 Å². The quantitative estimate of drug-likeness (QED) is 0.568. The molecule has 2 aliphatic rings. The van der Waals surface area contributed by atoms with Gasteiger partial charge in [0.25, 0.3) is 0 Å². The van der Waals surface area contributed by atoms with Crippen LogP contribution >= 0.6 is 0 Å². The predicted octanol–water partition coefficient (Wildman–Crippen LogP) is 1.72. The van der Waals surface area contributed by atoms with Gasteiger partial charge in [0.05, 0.1) is 4.92 Å². The Labute approximate surface area is 130 Å². The van der Waals surface area contributed by atoms with Gasteiger partial charge in [0.1, 0.15) is 12.2 Å². The maximum absolute atomic E-state index is 13.7. The second-order valence-corrected chi connectivity index (χ2v) is 6.40. The summed E-state index contributed by atoms with van der Waals surface area (Å²) in [7, 11) is 0. The van der Waals surface area contributed by atoms with Crippen molar-refractivity contribution in [2.45, 2.75) is 44.7 Å². The zero-order valence-electron chi connectivity index (χ0n) is 12.4. The van der Waals surface area contributed by atoms with Crippen molar-refractivity contribution in [3.8, 4) is 0 Å². The SMILES string of the molecule is O=[N+]([O-])c1cn(C(CC2CC2)c2nnnn2CC2CC2)nc1F. The molecule has 2 saturated carbocycles. The molecule has 2 fully saturated rings. The highest BCUT2D eigenvalue weighted by molar-refractivity contribution is 5.24. The first-order chi connectivity index (χ1) is 11.1. The Hall–Kier alpha value is -2.39. The molecule has 2 aliphatic carbocycles. The first kappa shape index (κ1) is 14.2. The van der Waals surface area contributed by atoms with Crippen LogP contribution in [0.4, 0.5) is 10.1 Å². The summed E-state index contributed by atoms with van der Waals surface area (Å²) in [5.74, 6) is 0.623. The molecule has 0 aromatic carbocycles. The van der Waals surface area contributed by atoms with E-state index in [1.807, 2.05) is 0 Å². The van der Waals surface area contributed by atoms with Gasteiger partial charge in [-0.1, -0.05) is 12.8 Å². The lowest BCUT2D eigenvalue weighted by atomic mass is 10.1. The molecule has 122 valence electrons. The summed E-state index contributed by atoms with van der Waals surface area (Å²) in [5, 5.41) is 26.4. The Bertz CT molecular complexity index is 735. The third kappa shape index (κ3) is 2.92. The van der Waals surface area contributed by atoms with Crippen LogP contribution in [0.5, 0.6) is 0 Å². The molecule has 0 aliphatic heterocycles. The van der Waals surface area contributed by atoms with E-state index < -0.39 is 16.6 Å². The molecular formula is C13H16FN7O2. The van der Waals surface area contributed by atoms with Crippen molar-refractivity contribution >= 4 is 5.69 Å². The molecule has 2 aromatic rings. The second kappa shape index (κ2) is 5.36. The first-order valence-electron chi connectivity index (χ1n) is 7.77. The number of tetrazole rings is 1. The van der Waals surface area contributed by atoms with Crippen LogP contribution in [0.1, 0.15) is 44.0 Å². The summed E-state index contributed by atoms with van der Waals surface area (Å²) < 4.78 is 16.7. The van der Waals surface area contributed by atoms with Gasteiger partial charge in [-0.15, -0.1) is 10.2 Å². The molecular weight excluding hydrogens is 305 g/mol. The third-order valence-electron chi connectivity index (χ3n) is 4.42. The van der Waals surface area contributed by atoms with Crippen molar-refractivity contribution in [1.29, 1.82) is 0 Å². The molecule has 0 N–H and O–H groups in total. The minimum Gasteiger partial charge on any atom is -0.258 e. The largest absolute Gasteiger partial charge is 0.343 e. The normalized spacial score (nSPS) is 19.0. The average Bonchev–Trinajstić information content (AvgIpc) is 3.41. The van der Waals surface area contributed by atoms with Crippen LogP contribution < -0.4 is 0 Å². The van der Waals surface area contributed by atoms with Crippen LogP contribution in [0, 0.1) is 27.9 Å². The zero-order valence-corrected chi connectivity index (χ0v) is 12.4. The van der Waals surface area contributed by atoms with Gasteiger partial charge in [-0.2, -0.15) is 4.39 Å². The van der Waals surface area contributed by atoms with E-state index in [4.69, 9.17) is 0 Å². The third-order valence-corrected chi connectivity index (χ3v) is 4.42. The van der Waals surface area contributed by atoms with Crippen molar-refractivity contribution < 1.29 is 9.31 Å². The van der Waals surface area contributed by atoms with Crippen LogP contribution in [-0.4, -0.2) is 34.9 Å². The fourth-order valence-corrected chi connectivity index (χ4v) is 2.77. The molecule has 2 aromatic heterocycles. The molecule has 4 rings (SSSR count). The van der Waals surface area contributed by atoms with Gasteiger partial charge in [0, 0.05) is 6.54 Å². The van der Waals surface area contributed by atoms with E-state index in [1.165, 1.54) is 4.68 Å². The van der Waals surface area contributed by atoms with Crippen molar-refractivity contribution in [1.82, 2.24) is 30.0 Å². The molecule has 23 heavy (non-hydrogen) atoms. The maximum Gasteiger partial charge on any atom is 0.343 e. The highest BCUT2D eigenvalue weighted by Crippen LogP contribution is 2.39. The lowest BCUT2D eigenvalue weighted by molar-refractivity contribution is -0.387. The average molecular weight is 321 g/mol. The summed E-state index contributed by atoms with van der Waals surface area (Å²) in [6.45, 7) is 0.731. The molecule has 1 unspecified atom stereocenters. The van der Waals surface area contributed by atoms with Gasteiger partial charge in [-0.05, 0) is 41.5 Å². The van der Waals surface area contributed by atoms with Gasteiger partial charge in [0.2, 0.25) is 0 Å². The van der Waals surface area contributed by atoms with E-state index in [0.717, 1.165) is 38.4 Å². The Morgan fingerprint density at radius 2 is 2.09 bits per heavy atom. The van der Waals surface area contributed by atoms with Gasteiger partial charge in [0.15, 0.2) is 5.82 Å². The van der Waals surface area contributed by atoms with Gasteiger partial charge in [-0.25, -0.2) is 4.68 Å². The van der Waals surface area contributed by atoms with Crippen molar-refractivity contribution in [2.75, 3.05) is 0 Å². The summed E-state index contributed by atoms with van der Waals surface area (Å²) >= 11 is 0. The Morgan fingerprint density at radius 3 is 2.70 bits per heavy atom. The number of aromatic nitrogens is 6. The van der Waals surface area contributed by atoms with Crippen molar-refractivity contribution in [2.24, 2.45) is 11.8 Å². The minimum atomic E-state index is -1.07. The second-order valence-electron chi connectivity index (χ2n) is 6.40. The summed E-state index contributed by atoms with van der Waals surface area (Å²) in [6.07, 6.45) is 6.38. The molecule has 2 heterocycles. The zero-order chi connectivity index (χ0) is 16.0. The van der Waals surface area contributed by atoms with E-state index in [0.29, 0.717) is 24.1 Å². The fraction of sp³-hybridized carbons (Fsp3) is 0.692. The Balaban J connectivity index is 1.67. The van der Waals surface area contributed by atoms with Crippen molar-refractivity contribution in [3.05, 3.63) is 28.1 Å². The number of rotatable bonds is 7. The molecule has 0 saturated heterocycles. The van der Waals surface area contributed by atoms with E-state index in [2.05, 4.69) is 20.6 Å². The molecule has 0 radical (unpaired) electrons. The number of nitrogens with zero attached hydrogens (tertiary/aromatic N) is 7. The van der Waals surface area contributed by atoms with Crippen molar-refractivity contribution in [3.63, 3.8) is 0 Å². The van der Waals surface area contributed by atoms with Crippen LogP contribution in [0.15, 0.2) is 6.20 Å². The Kier molecular flexibility index (Phi) is 3.31. The van der Waals surface area contributed by atoms with Gasteiger partial charge >= 0.3 is 11.6 Å². The standard InChI is InChI=1S/C13H16FN7O2/c14-12-11(21(22)23)7-19(16-12)10(5-8-1-2-8)13-15-17-18-20(13)6-9-3-4-9/h7-10H,1-6H2. The van der Waals surface area contributed by atoms with Crippen LogP contribution in [0.3, 0.4) is 0 Å². The molecule has 0 spiro atoms. The Morgan fingerprint density at radius 1 is 1.35 bits per heavy atom. The van der Waals surface area contributed by atoms with Crippen LogP contribution in [0.25, 0.3) is 0 Å². The number of hydrogen-bond donors (Lipinski definition) is 0. The smallest absolute Gasteiger partial charge is 0.258 e. The van der Waals surface area contributed by atoms with E-state index in [1.54, 1.807) is 4.68 Å². The number of halogens is 1. The lowest BCUT2D eigenvalue weighted by Gasteiger charge is -2.16. The molecule has 1 atom stereocenters. The minimum absolute atomic E-state index is 0.376. The molecule has 0 bridgehead atoms. The van der Waals surface area contributed by atoms with E-state index in [9.17, 15) is 14.5 Å². The van der Waals surface area contributed by atoms with Crippen LogP contribution in [-0.2, 0) is 6.54 Å². The number of hydrogen-bond acceptors (Lipinski definition) is 6. The monoisotopic (exact) mass is 321 g/mol. The fourth-order valence-electron chi connectivity index (χ4n) is 2.77. The molecule has 0 amide bonds.